The number of likely N-dealkylation sites (tertiary alicyclic amines) is 1. The lowest BCUT2D eigenvalue weighted by Crippen LogP contribution is -2.42. The summed E-state index contributed by atoms with van der Waals surface area (Å²) < 4.78 is 5.17. The van der Waals surface area contributed by atoms with Crippen LogP contribution in [0.1, 0.15) is 23.2 Å². The molecule has 0 atom stereocenters. The van der Waals surface area contributed by atoms with Crippen LogP contribution in [0.25, 0.3) is 11.1 Å². The van der Waals surface area contributed by atoms with Gasteiger partial charge in [0.1, 0.15) is 5.75 Å². The Morgan fingerprint density at radius 2 is 1.76 bits per heavy atom. The molecule has 5 nitrogen and oxygen atoms in total. The molecular formula is C18H23Cl2N3O2. The maximum atomic E-state index is 12.6. The van der Waals surface area contributed by atoms with E-state index in [0.29, 0.717) is 18.7 Å². The second-order valence-corrected chi connectivity index (χ2v) is 5.82. The molecule has 2 N–H and O–H groups in total. The number of aromatic nitrogens is 1. The molecule has 1 aromatic carbocycles. The molecule has 1 amide bonds. The Morgan fingerprint density at radius 1 is 1.12 bits per heavy atom. The second-order valence-electron chi connectivity index (χ2n) is 5.82. The van der Waals surface area contributed by atoms with Crippen LogP contribution in [0.2, 0.25) is 0 Å². The summed E-state index contributed by atoms with van der Waals surface area (Å²) in [6.07, 6.45) is 5.11. The van der Waals surface area contributed by atoms with E-state index < -0.39 is 0 Å². The van der Waals surface area contributed by atoms with E-state index in [1.807, 2.05) is 35.2 Å². The van der Waals surface area contributed by atoms with Gasteiger partial charge in [-0.05, 0) is 36.6 Å². The maximum Gasteiger partial charge on any atom is 0.255 e. The molecule has 0 unspecified atom stereocenters. The van der Waals surface area contributed by atoms with Crippen molar-refractivity contribution < 1.29 is 9.53 Å². The van der Waals surface area contributed by atoms with E-state index in [2.05, 4.69) is 4.98 Å². The van der Waals surface area contributed by atoms with Crippen molar-refractivity contribution in [1.82, 2.24) is 9.88 Å². The van der Waals surface area contributed by atoms with Gasteiger partial charge in [0.2, 0.25) is 0 Å². The van der Waals surface area contributed by atoms with Crippen LogP contribution in [-0.4, -0.2) is 42.0 Å². The fourth-order valence-corrected chi connectivity index (χ4v) is 2.78. The highest BCUT2D eigenvalue weighted by Crippen LogP contribution is 2.23. The predicted octanol–water partition coefficient (Wildman–Crippen LogP) is 3.16. The van der Waals surface area contributed by atoms with Crippen molar-refractivity contribution in [1.29, 1.82) is 0 Å². The number of halogens is 2. The Labute approximate surface area is 160 Å². The number of methoxy groups -OCH3 is 1. The zero-order valence-corrected chi connectivity index (χ0v) is 15.7. The number of hydrogen-bond acceptors (Lipinski definition) is 4. The van der Waals surface area contributed by atoms with Crippen LogP contribution in [0.3, 0.4) is 0 Å². The monoisotopic (exact) mass is 383 g/mol. The summed E-state index contributed by atoms with van der Waals surface area (Å²) in [6.45, 7) is 1.43. The van der Waals surface area contributed by atoms with E-state index in [4.69, 9.17) is 10.5 Å². The zero-order valence-electron chi connectivity index (χ0n) is 14.1. The molecule has 0 bridgehead atoms. The van der Waals surface area contributed by atoms with Crippen LogP contribution >= 0.6 is 24.8 Å². The van der Waals surface area contributed by atoms with Crippen molar-refractivity contribution in [2.75, 3.05) is 20.2 Å². The van der Waals surface area contributed by atoms with Crippen molar-refractivity contribution >= 4 is 30.7 Å². The number of nitrogens with zero attached hydrogens (tertiary/aromatic N) is 2. The number of carbonyl (C=O) groups is 1. The van der Waals surface area contributed by atoms with Crippen LogP contribution in [0, 0.1) is 0 Å². The quantitative estimate of drug-likeness (QED) is 0.883. The number of rotatable bonds is 3. The van der Waals surface area contributed by atoms with Crippen molar-refractivity contribution in [3.63, 3.8) is 0 Å². The van der Waals surface area contributed by atoms with Gasteiger partial charge in [-0.1, -0.05) is 12.1 Å². The minimum atomic E-state index is 0. The number of ether oxygens (including phenoxy) is 1. The van der Waals surface area contributed by atoms with Crippen LogP contribution in [0.4, 0.5) is 0 Å². The summed E-state index contributed by atoms with van der Waals surface area (Å²) in [5.41, 5.74) is 8.45. The predicted molar refractivity (Wildman–Crippen MR) is 104 cm³/mol. The summed E-state index contributed by atoms with van der Waals surface area (Å²) in [7, 11) is 1.64. The van der Waals surface area contributed by atoms with Gasteiger partial charge < -0.3 is 15.4 Å². The summed E-state index contributed by atoms with van der Waals surface area (Å²) >= 11 is 0. The third kappa shape index (κ3) is 5.08. The molecule has 1 aromatic heterocycles. The van der Waals surface area contributed by atoms with Gasteiger partial charge in [-0.25, -0.2) is 0 Å². The summed E-state index contributed by atoms with van der Waals surface area (Å²) in [5, 5.41) is 0. The minimum Gasteiger partial charge on any atom is -0.497 e. The van der Waals surface area contributed by atoms with Crippen molar-refractivity contribution in [3.05, 3.63) is 48.3 Å². The summed E-state index contributed by atoms with van der Waals surface area (Å²) in [5.74, 6) is 0.832. The van der Waals surface area contributed by atoms with Crippen LogP contribution in [0.5, 0.6) is 5.75 Å². The molecule has 2 heterocycles. The van der Waals surface area contributed by atoms with E-state index in [-0.39, 0.29) is 36.8 Å². The Hall–Kier alpha value is -1.82. The average molecular weight is 384 g/mol. The molecule has 0 aliphatic carbocycles. The standard InChI is InChI=1S/C18H21N3O2.2ClH/c1-23-17-4-2-13(3-5-17)14-10-15(12-20-11-14)18(22)21-8-6-16(19)7-9-21;;/h2-5,10-12,16H,6-9,19H2,1H3;2*1H. The van der Waals surface area contributed by atoms with Gasteiger partial charge in [0, 0.05) is 37.1 Å². The molecule has 7 heteroatoms. The SMILES string of the molecule is COc1ccc(-c2cncc(C(=O)N3CCC(N)CC3)c2)cc1.Cl.Cl. The van der Waals surface area contributed by atoms with Gasteiger partial charge in [-0.15, -0.1) is 24.8 Å². The van der Waals surface area contributed by atoms with Gasteiger partial charge >= 0.3 is 0 Å². The van der Waals surface area contributed by atoms with E-state index in [9.17, 15) is 4.79 Å². The molecule has 136 valence electrons. The summed E-state index contributed by atoms with van der Waals surface area (Å²) in [4.78, 5) is 18.7. The van der Waals surface area contributed by atoms with Crippen LogP contribution < -0.4 is 10.5 Å². The number of piperidine rings is 1. The number of benzene rings is 1. The summed E-state index contributed by atoms with van der Waals surface area (Å²) in [6, 6.07) is 9.83. The van der Waals surface area contributed by atoms with Gasteiger partial charge in [0.25, 0.3) is 5.91 Å². The molecule has 2 aromatic rings. The first-order valence-electron chi connectivity index (χ1n) is 7.81. The lowest BCUT2D eigenvalue weighted by Gasteiger charge is -2.30. The Kier molecular flexibility index (Phi) is 8.16. The molecule has 0 radical (unpaired) electrons. The fraction of sp³-hybridized carbons (Fsp3) is 0.333. The molecule has 0 spiro atoms. The normalized spacial score (nSPS) is 14.2. The van der Waals surface area contributed by atoms with E-state index in [1.54, 1.807) is 19.5 Å². The minimum absolute atomic E-state index is 0. The van der Waals surface area contributed by atoms with Crippen LogP contribution in [-0.2, 0) is 0 Å². The number of hydrogen-bond donors (Lipinski definition) is 1. The lowest BCUT2D eigenvalue weighted by molar-refractivity contribution is 0.0714. The van der Waals surface area contributed by atoms with Gasteiger partial charge in [-0.2, -0.15) is 0 Å². The first-order valence-corrected chi connectivity index (χ1v) is 7.81. The third-order valence-electron chi connectivity index (χ3n) is 4.24. The van der Waals surface area contributed by atoms with Crippen LogP contribution in [0.15, 0.2) is 42.7 Å². The highest BCUT2D eigenvalue weighted by molar-refractivity contribution is 5.95. The largest absolute Gasteiger partial charge is 0.497 e. The Morgan fingerprint density at radius 3 is 2.36 bits per heavy atom. The van der Waals surface area contributed by atoms with E-state index >= 15 is 0 Å². The molecule has 1 saturated heterocycles. The highest BCUT2D eigenvalue weighted by atomic mass is 35.5. The number of carbonyl (C=O) groups excluding carboxylic acids is 1. The topological polar surface area (TPSA) is 68.5 Å². The zero-order chi connectivity index (χ0) is 16.2. The van der Waals surface area contributed by atoms with Gasteiger partial charge in [0.05, 0.1) is 12.7 Å². The first kappa shape index (κ1) is 21.2. The van der Waals surface area contributed by atoms with Gasteiger partial charge in [0.15, 0.2) is 0 Å². The third-order valence-corrected chi connectivity index (χ3v) is 4.24. The van der Waals surface area contributed by atoms with Gasteiger partial charge in [-0.3, -0.25) is 9.78 Å². The molecule has 3 rings (SSSR count). The number of pyridine rings is 1. The molecule has 0 saturated carbocycles. The van der Waals surface area contributed by atoms with Crippen molar-refractivity contribution in [2.24, 2.45) is 5.73 Å². The van der Waals surface area contributed by atoms with Crippen molar-refractivity contribution in [3.8, 4) is 16.9 Å². The molecule has 25 heavy (non-hydrogen) atoms. The smallest absolute Gasteiger partial charge is 0.255 e. The average Bonchev–Trinajstić information content (AvgIpc) is 2.62. The molecule has 1 aliphatic rings. The fourth-order valence-electron chi connectivity index (χ4n) is 2.78. The first-order chi connectivity index (χ1) is 11.2. The van der Waals surface area contributed by atoms with E-state index in [0.717, 1.165) is 29.7 Å². The lowest BCUT2D eigenvalue weighted by atomic mass is 10.0. The Balaban J connectivity index is 0.00000156. The Bertz CT molecular complexity index is 687. The highest BCUT2D eigenvalue weighted by Gasteiger charge is 2.22. The molecule has 1 fully saturated rings. The maximum absolute atomic E-state index is 12.6. The van der Waals surface area contributed by atoms with E-state index in [1.165, 1.54) is 0 Å². The number of amides is 1. The second kappa shape index (κ2) is 9.61. The van der Waals surface area contributed by atoms with Crippen molar-refractivity contribution in [2.45, 2.75) is 18.9 Å². The number of nitrogens with two attached hydrogens (primary N) is 1. The molecular weight excluding hydrogens is 361 g/mol. The molecule has 1 aliphatic heterocycles.